The zero-order valence-corrected chi connectivity index (χ0v) is 18.2. The van der Waals surface area contributed by atoms with E-state index in [1.165, 1.54) is 23.2 Å². The first kappa shape index (κ1) is 19.6. The average molecular weight is 339 g/mol. The van der Waals surface area contributed by atoms with Crippen LogP contribution in [0.1, 0.15) is 67.2 Å². The van der Waals surface area contributed by atoms with Crippen molar-refractivity contribution in [3.8, 4) is 0 Å². The molecule has 0 fully saturated rings. The molecule has 0 saturated heterocycles. The summed E-state index contributed by atoms with van der Waals surface area (Å²) in [6.45, 7) is 13.2. The molecule has 0 aliphatic heterocycles. The summed E-state index contributed by atoms with van der Waals surface area (Å²) in [5.74, 6) is 0. The maximum absolute atomic E-state index is 6.16. The van der Waals surface area contributed by atoms with Gasteiger partial charge in [-0.05, 0) is 50.9 Å². The van der Waals surface area contributed by atoms with E-state index in [4.69, 9.17) is 8.85 Å². The molecule has 0 aromatic heterocycles. The minimum absolute atomic E-state index is 0.0294. The fourth-order valence-electron chi connectivity index (χ4n) is 2.64. The Bertz CT molecular complexity index is 386. The molecular formula is C18H34O2Si2. The molecule has 0 aliphatic rings. The van der Waals surface area contributed by atoms with Crippen LogP contribution in [0, 0.1) is 0 Å². The summed E-state index contributed by atoms with van der Waals surface area (Å²) in [5, 5.41) is 2.77. The van der Waals surface area contributed by atoms with Gasteiger partial charge in [0.05, 0.1) is 11.2 Å². The highest BCUT2D eigenvalue weighted by Gasteiger charge is 2.17. The van der Waals surface area contributed by atoms with Crippen LogP contribution in [0.2, 0.25) is 0 Å². The Morgan fingerprint density at radius 3 is 1.32 bits per heavy atom. The smallest absolute Gasteiger partial charge is 0.192 e. The molecule has 0 radical (unpaired) electrons. The molecule has 126 valence electrons. The molecule has 0 bridgehead atoms. The first-order valence-electron chi connectivity index (χ1n) is 8.64. The molecule has 0 unspecified atom stereocenters. The zero-order chi connectivity index (χ0) is 16.6. The lowest BCUT2D eigenvalue weighted by atomic mass is 10.0. The quantitative estimate of drug-likeness (QED) is 0.610. The van der Waals surface area contributed by atoms with Gasteiger partial charge in [0, 0.05) is 0 Å². The second-order valence-corrected chi connectivity index (χ2v) is 10.2. The van der Waals surface area contributed by atoms with Gasteiger partial charge in [0.2, 0.25) is 0 Å². The highest BCUT2D eigenvalue weighted by molar-refractivity contribution is 6.49. The summed E-state index contributed by atoms with van der Waals surface area (Å²) in [4.78, 5) is 0. The van der Waals surface area contributed by atoms with Crippen molar-refractivity contribution >= 4 is 29.9 Å². The van der Waals surface area contributed by atoms with Crippen molar-refractivity contribution in [1.82, 2.24) is 0 Å². The largest absolute Gasteiger partial charge is 0.414 e. The van der Waals surface area contributed by atoms with Crippen molar-refractivity contribution < 1.29 is 8.85 Å². The molecule has 0 spiro atoms. The predicted molar refractivity (Wildman–Crippen MR) is 103 cm³/mol. The third-order valence-corrected chi connectivity index (χ3v) is 7.45. The van der Waals surface area contributed by atoms with E-state index in [0.717, 1.165) is 12.8 Å². The van der Waals surface area contributed by atoms with E-state index in [1.54, 1.807) is 0 Å². The molecular weight excluding hydrogens is 304 g/mol. The lowest BCUT2D eigenvalue weighted by Gasteiger charge is -2.26. The first-order chi connectivity index (χ1) is 10.3. The molecule has 22 heavy (non-hydrogen) atoms. The Morgan fingerprint density at radius 1 is 0.727 bits per heavy atom. The minimum atomic E-state index is -0.627. The lowest BCUT2D eigenvalue weighted by Crippen LogP contribution is -2.33. The fourth-order valence-corrected chi connectivity index (χ4v) is 4.90. The molecule has 0 N–H and O–H groups in total. The second kappa shape index (κ2) is 9.01. The Hall–Kier alpha value is -0.426. The number of rotatable bonds is 10. The summed E-state index contributed by atoms with van der Waals surface area (Å²) < 4.78 is 12.3. The monoisotopic (exact) mass is 338 g/mol. The van der Waals surface area contributed by atoms with E-state index < -0.39 is 19.5 Å². The molecule has 0 saturated carbocycles. The fraction of sp³-hybridized carbons (Fsp3) is 0.667. The maximum Gasteiger partial charge on any atom is 0.192 e. The minimum Gasteiger partial charge on any atom is -0.414 e. The standard InChI is InChI=1S/C18H34O2Si2/c1-7-13-17(3,4)19-21-15-9-11-16(12-10-15)22-20-18(5,6)14-8-2/h9-12H,7-8,13-14,21-22H2,1-6H3. The topological polar surface area (TPSA) is 18.5 Å². The second-order valence-electron chi connectivity index (χ2n) is 7.41. The van der Waals surface area contributed by atoms with E-state index in [9.17, 15) is 0 Å². The van der Waals surface area contributed by atoms with E-state index in [0.29, 0.717) is 0 Å². The average Bonchev–Trinajstić information content (AvgIpc) is 2.44. The summed E-state index contributed by atoms with van der Waals surface area (Å²) in [7, 11) is -1.25. The van der Waals surface area contributed by atoms with Gasteiger partial charge in [0.25, 0.3) is 0 Å². The van der Waals surface area contributed by atoms with Crippen LogP contribution in [0.4, 0.5) is 0 Å². The lowest BCUT2D eigenvalue weighted by molar-refractivity contribution is 0.107. The van der Waals surface area contributed by atoms with E-state index in [2.05, 4.69) is 65.8 Å². The normalized spacial score (nSPS) is 13.7. The van der Waals surface area contributed by atoms with Crippen LogP contribution in [0.25, 0.3) is 0 Å². The van der Waals surface area contributed by atoms with Crippen LogP contribution in [-0.2, 0) is 8.85 Å². The summed E-state index contributed by atoms with van der Waals surface area (Å²) in [5.41, 5.74) is 0.0589. The maximum atomic E-state index is 6.16. The van der Waals surface area contributed by atoms with Crippen molar-refractivity contribution in [3.05, 3.63) is 24.3 Å². The van der Waals surface area contributed by atoms with Gasteiger partial charge in [0.15, 0.2) is 19.5 Å². The van der Waals surface area contributed by atoms with Gasteiger partial charge < -0.3 is 8.85 Å². The SMILES string of the molecule is CCCC(C)(C)O[SiH2]c1ccc([SiH2]OC(C)(C)CCC)cc1. The van der Waals surface area contributed by atoms with Gasteiger partial charge in [-0.3, -0.25) is 0 Å². The van der Waals surface area contributed by atoms with Gasteiger partial charge in [-0.25, -0.2) is 0 Å². The Labute approximate surface area is 141 Å². The van der Waals surface area contributed by atoms with Gasteiger partial charge in [-0.2, -0.15) is 0 Å². The molecule has 2 nitrogen and oxygen atoms in total. The van der Waals surface area contributed by atoms with Crippen LogP contribution in [0.5, 0.6) is 0 Å². The number of hydrogen-bond donors (Lipinski definition) is 0. The van der Waals surface area contributed by atoms with E-state index in [-0.39, 0.29) is 11.2 Å². The number of benzene rings is 1. The summed E-state index contributed by atoms with van der Waals surface area (Å²) in [6.07, 6.45) is 4.62. The van der Waals surface area contributed by atoms with Gasteiger partial charge in [-0.15, -0.1) is 0 Å². The van der Waals surface area contributed by atoms with Gasteiger partial charge >= 0.3 is 0 Å². The van der Waals surface area contributed by atoms with Crippen molar-refractivity contribution in [2.24, 2.45) is 0 Å². The third-order valence-electron chi connectivity index (χ3n) is 3.99. The van der Waals surface area contributed by atoms with Crippen LogP contribution in [0.3, 0.4) is 0 Å². The van der Waals surface area contributed by atoms with E-state index in [1.807, 2.05) is 0 Å². The van der Waals surface area contributed by atoms with E-state index >= 15 is 0 Å². The molecule has 1 aromatic rings. The predicted octanol–water partition coefficient (Wildman–Crippen LogP) is 2.30. The Kier molecular flexibility index (Phi) is 8.04. The molecule has 0 atom stereocenters. The molecule has 0 amide bonds. The van der Waals surface area contributed by atoms with Crippen molar-refractivity contribution in [2.75, 3.05) is 0 Å². The highest BCUT2D eigenvalue weighted by atomic mass is 28.2. The van der Waals surface area contributed by atoms with Crippen molar-refractivity contribution in [2.45, 2.75) is 78.4 Å². The van der Waals surface area contributed by atoms with Crippen molar-refractivity contribution in [3.63, 3.8) is 0 Å². The Balaban J connectivity index is 2.46. The van der Waals surface area contributed by atoms with Gasteiger partial charge in [-0.1, -0.05) is 51.0 Å². The van der Waals surface area contributed by atoms with Crippen molar-refractivity contribution in [1.29, 1.82) is 0 Å². The summed E-state index contributed by atoms with van der Waals surface area (Å²) >= 11 is 0. The molecule has 1 rings (SSSR count). The third kappa shape index (κ3) is 7.72. The first-order valence-corrected chi connectivity index (χ1v) is 11.2. The summed E-state index contributed by atoms with van der Waals surface area (Å²) in [6, 6.07) is 8.97. The van der Waals surface area contributed by atoms with Crippen LogP contribution in [0.15, 0.2) is 24.3 Å². The molecule has 1 aromatic carbocycles. The molecule has 4 heteroatoms. The molecule has 0 heterocycles. The van der Waals surface area contributed by atoms with Crippen LogP contribution >= 0.6 is 0 Å². The molecule has 0 aliphatic carbocycles. The number of hydrogen-bond acceptors (Lipinski definition) is 2. The van der Waals surface area contributed by atoms with Crippen LogP contribution < -0.4 is 10.4 Å². The van der Waals surface area contributed by atoms with Gasteiger partial charge in [0.1, 0.15) is 0 Å². The zero-order valence-electron chi connectivity index (χ0n) is 15.4. The highest BCUT2D eigenvalue weighted by Crippen LogP contribution is 2.16. The Morgan fingerprint density at radius 2 is 1.05 bits per heavy atom. The van der Waals surface area contributed by atoms with Crippen LogP contribution in [-0.4, -0.2) is 30.7 Å².